The summed E-state index contributed by atoms with van der Waals surface area (Å²) in [5.74, 6) is 0.812. The summed E-state index contributed by atoms with van der Waals surface area (Å²) >= 11 is 0. The number of hydrogen-bond acceptors (Lipinski definition) is 8. The zero-order chi connectivity index (χ0) is 13.4. The third-order valence-electron chi connectivity index (χ3n) is 2.95. The molecule has 0 unspecified atom stereocenters. The number of hydrogen-bond donors (Lipinski definition) is 1. The normalized spacial score (nSPS) is 14.2. The van der Waals surface area contributed by atoms with Gasteiger partial charge in [0.05, 0.1) is 11.5 Å². The molecule has 2 aromatic heterocycles. The van der Waals surface area contributed by atoms with Crippen LogP contribution in [-0.2, 0) is 13.1 Å². The fraction of sp³-hybridized carbons (Fsp3) is 0.333. The minimum Gasteiger partial charge on any atom is -0.378 e. The standard InChI is InChI=1S/C9H10N8O2/c10-8-7(17(18)19)9(12-4-11-8)15-1-2-16-5-13-14-6(16)3-15/h4-5H,1-3H2,(H2,10,11,12). The SMILES string of the molecule is Nc1ncnc(N2CCn3cnnc3C2)c1[N+](=O)[O-]. The van der Waals surface area contributed by atoms with Crippen LogP contribution in [0.5, 0.6) is 0 Å². The van der Waals surface area contributed by atoms with Gasteiger partial charge in [-0.15, -0.1) is 10.2 Å². The molecule has 0 bridgehead atoms. The van der Waals surface area contributed by atoms with Crippen LogP contribution in [0.2, 0.25) is 0 Å². The van der Waals surface area contributed by atoms with Crippen molar-refractivity contribution < 1.29 is 4.92 Å². The lowest BCUT2D eigenvalue weighted by atomic mass is 10.3. The first-order chi connectivity index (χ1) is 9.16. The summed E-state index contributed by atoms with van der Waals surface area (Å²) in [6.07, 6.45) is 2.85. The molecule has 0 spiro atoms. The zero-order valence-electron chi connectivity index (χ0n) is 9.80. The average Bonchev–Trinajstić information content (AvgIpc) is 2.85. The van der Waals surface area contributed by atoms with E-state index in [9.17, 15) is 10.1 Å². The number of nitrogens with two attached hydrogens (primary N) is 1. The van der Waals surface area contributed by atoms with Crippen molar-refractivity contribution in [3.05, 3.63) is 28.6 Å². The molecular formula is C9H10N8O2. The fourth-order valence-electron chi connectivity index (χ4n) is 2.04. The molecule has 2 N–H and O–H groups in total. The Bertz CT molecular complexity index is 639. The highest BCUT2D eigenvalue weighted by Gasteiger charge is 2.28. The average molecular weight is 262 g/mol. The molecule has 0 aromatic carbocycles. The van der Waals surface area contributed by atoms with E-state index in [4.69, 9.17) is 5.73 Å². The van der Waals surface area contributed by atoms with Crippen molar-refractivity contribution in [2.24, 2.45) is 0 Å². The van der Waals surface area contributed by atoms with Crippen LogP contribution in [0, 0.1) is 10.1 Å². The maximum Gasteiger partial charge on any atom is 0.353 e. The van der Waals surface area contributed by atoms with Gasteiger partial charge < -0.3 is 15.2 Å². The van der Waals surface area contributed by atoms with Gasteiger partial charge in [-0.3, -0.25) is 10.1 Å². The molecule has 19 heavy (non-hydrogen) atoms. The van der Waals surface area contributed by atoms with E-state index in [1.165, 1.54) is 6.33 Å². The van der Waals surface area contributed by atoms with Gasteiger partial charge in [-0.1, -0.05) is 0 Å². The molecule has 98 valence electrons. The van der Waals surface area contributed by atoms with Crippen molar-refractivity contribution in [1.82, 2.24) is 24.7 Å². The Balaban J connectivity index is 2.00. The van der Waals surface area contributed by atoms with Crippen molar-refractivity contribution in [3.63, 3.8) is 0 Å². The lowest BCUT2D eigenvalue weighted by molar-refractivity contribution is -0.383. The summed E-state index contributed by atoms with van der Waals surface area (Å²) in [6.45, 7) is 1.61. The minimum absolute atomic E-state index is 0.137. The van der Waals surface area contributed by atoms with Crippen LogP contribution in [0.25, 0.3) is 0 Å². The van der Waals surface area contributed by atoms with Crippen molar-refractivity contribution in [2.75, 3.05) is 17.2 Å². The second kappa shape index (κ2) is 4.15. The maximum absolute atomic E-state index is 11.1. The molecule has 0 amide bonds. The van der Waals surface area contributed by atoms with E-state index in [2.05, 4.69) is 20.2 Å². The third kappa shape index (κ3) is 1.82. The van der Waals surface area contributed by atoms with Crippen molar-refractivity contribution in [2.45, 2.75) is 13.1 Å². The molecule has 3 heterocycles. The predicted molar refractivity (Wildman–Crippen MR) is 64.2 cm³/mol. The van der Waals surface area contributed by atoms with E-state index < -0.39 is 4.92 Å². The molecule has 3 rings (SSSR count). The molecule has 1 aliphatic heterocycles. The molecule has 0 saturated heterocycles. The lowest BCUT2D eigenvalue weighted by Crippen LogP contribution is -2.34. The summed E-state index contributed by atoms with van der Waals surface area (Å²) in [7, 11) is 0. The van der Waals surface area contributed by atoms with E-state index in [0.29, 0.717) is 19.6 Å². The Morgan fingerprint density at radius 2 is 2.21 bits per heavy atom. The Morgan fingerprint density at radius 1 is 1.37 bits per heavy atom. The molecule has 10 nitrogen and oxygen atoms in total. The molecule has 0 fully saturated rings. The second-order valence-corrected chi connectivity index (χ2v) is 4.05. The van der Waals surface area contributed by atoms with Crippen LogP contribution in [0.15, 0.2) is 12.7 Å². The third-order valence-corrected chi connectivity index (χ3v) is 2.95. The number of rotatable bonds is 2. The number of anilines is 2. The van der Waals surface area contributed by atoms with Gasteiger partial charge in [-0.25, -0.2) is 9.97 Å². The van der Waals surface area contributed by atoms with Crippen LogP contribution < -0.4 is 10.6 Å². The predicted octanol–water partition coefficient (Wildman–Crippen LogP) is -0.421. The van der Waals surface area contributed by atoms with Crippen molar-refractivity contribution in [3.8, 4) is 0 Å². The number of nitro groups is 1. The molecule has 0 atom stereocenters. The highest BCUT2D eigenvalue weighted by Crippen LogP contribution is 2.31. The Kier molecular flexibility index (Phi) is 2.47. The Hall–Kier alpha value is -2.78. The van der Waals surface area contributed by atoms with Crippen LogP contribution in [0.4, 0.5) is 17.3 Å². The first-order valence-electron chi connectivity index (χ1n) is 5.53. The maximum atomic E-state index is 11.1. The highest BCUT2D eigenvalue weighted by atomic mass is 16.6. The molecule has 0 radical (unpaired) electrons. The summed E-state index contributed by atoms with van der Waals surface area (Å²) in [4.78, 5) is 19.9. The van der Waals surface area contributed by atoms with Gasteiger partial charge in [0, 0.05) is 13.1 Å². The van der Waals surface area contributed by atoms with Gasteiger partial charge in [-0.2, -0.15) is 0 Å². The van der Waals surface area contributed by atoms with Gasteiger partial charge in [0.15, 0.2) is 5.82 Å². The zero-order valence-corrected chi connectivity index (χ0v) is 9.80. The van der Waals surface area contributed by atoms with Crippen molar-refractivity contribution >= 4 is 17.3 Å². The summed E-state index contributed by atoms with van der Waals surface area (Å²) in [5.41, 5.74) is 5.28. The van der Waals surface area contributed by atoms with E-state index in [1.807, 2.05) is 4.57 Å². The van der Waals surface area contributed by atoms with Crippen LogP contribution in [-0.4, -0.2) is 36.2 Å². The smallest absolute Gasteiger partial charge is 0.353 e. The van der Waals surface area contributed by atoms with Crippen molar-refractivity contribution in [1.29, 1.82) is 0 Å². The largest absolute Gasteiger partial charge is 0.378 e. The monoisotopic (exact) mass is 262 g/mol. The summed E-state index contributed by atoms with van der Waals surface area (Å²) in [5, 5.41) is 18.8. The van der Waals surface area contributed by atoms with E-state index in [-0.39, 0.29) is 17.3 Å². The molecule has 0 aliphatic carbocycles. The molecule has 1 aliphatic rings. The van der Waals surface area contributed by atoms with Gasteiger partial charge in [0.25, 0.3) is 0 Å². The number of nitrogens with zero attached hydrogens (tertiary/aromatic N) is 7. The van der Waals surface area contributed by atoms with E-state index >= 15 is 0 Å². The number of aromatic nitrogens is 5. The molecule has 2 aromatic rings. The van der Waals surface area contributed by atoms with Crippen LogP contribution >= 0.6 is 0 Å². The van der Waals surface area contributed by atoms with Gasteiger partial charge in [0.2, 0.25) is 11.6 Å². The quantitative estimate of drug-likeness (QED) is 0.570. The van der Waals surface area contributed by atoms with Gasteiger partial charge >= 0.3 is 5.69 Å². The summed E-state index contributed by atoms with van der Waals surface area (Å²) < 4.78 is 1.90. The minimum atomic E-state index is -0.565. The highest BCUT2D eigenvalue weighted by molar-refractivity contribution is 5.68. The first kappa shape index (κ1) is 11.3. The molecule has 0 saturated carbocycles. The second-order valence-electron chi connectivity index (χ2n) is 4.05. The summed E-state index contributed by atoms with van der Waals surface area (Å²) in [6, 6.07) is 0. The first-order valence-corrected chi connectivity index (χ1v) is 5.53. The molecular weight excluding hydrogens is 252 g/mol. The topological polar surface area (TPSA) is 129 Å². The Morgan fingerprint density at radius 3 is 3.00 bits per heavy atom. The molecule has 10 heteroatoms. The van der Waals surface area contributed by atoms with Crippen LogP contribution in [0.1, 0.15) is 5.82 Å². The Labute approximate surface area is 107 Å². The van der Waals surface area contributed by atoms with Gasteiger partial charge in [-0.05, 0) is 0 Å². The fourth-order valence-corrected chi connectivity index (χ4v) is 2.04. The number of fused-ring (bicyclic) bond motifs is 1. The van der Waals surface area contributed by atoms with E-state index in [0.717, 1.165) is 5.82 Å². The number of nitrogen functional groups attached to an aromatic ring is 1. The lowest BCUT2D eigenvalue weighted by Gasteiger charge is -2.27. The van der Waals surface area contributed by atoms with Crippen LogP contribution in [0.3, 0.4) is 0 Å². The van der Waals surface area contributed by atoms with Gasteiger partial charge in [0.1, 0.15) is 12.7 Å². The van der Waals surface area contributed by atoms with E-state index in [1.54, 1.807) is 11.2 Å².